The molecule has 0 radical (unpaired) electrons. The van der Waals surface area contributed by atoms with E-state index < -0.39 is 0 Å². The predicted octanol–water partition coefficient (Wildman–Crippen LogP) is 2.95. The first kappa shape index (κ1) is 17.2. The second-order valence-electron chi connectivity index (χ2n) is 8.46. The van der Waals surface area contributed by atoms with Crippen LogP contribution in [0.15, 0.2) is 18.6 Å². The Balaban J connectivity index is 1.22. The molecule has 2 aromatic rings. The molecule has 4 heterocycles. The highest BCUT2D eigenvalue weighted by atomic mass is 15.3. The summed E-state index contributed by atoms with van der Waals surface area (Å²) in [6.45, 7) is 6.52. The fraction of sp³-hybridized carbons (Fsp3) is 0.667. The van der Waals surface area contributed by atoms with Crippen molar-refractivity contribution in [3.05, 3.63) is 35.8 Å². The van der Waals surface area contributed by atoms with Crippen molar-refractivity contribution in [2.75, 3.05) is 18.0 Å². The van der Waals surface area contributed by atoms with Crippen molar-refractivity contribution in [1.82, 2.24) is 24.4 Å². The van der Waals surface area contributed by atoms with Crippen molar-refractivity contribution in [1.29, 1.82) is 0 Å². The lowest BCUT2D eigenvalue weighted by molar-refractivity contribution is 0.198. The molecule has 1 saturated carbocycles. The molecule has 0 bridgehead atoms. The number of fused-ring (bicyclic) bond motifs is 1. The molecule has 2 fully saturated rings. The summed E-state index contributed by atoms with van der Waals surface area (Å²) in [5, 5.41) is 0. The molecule has 1 aliphatic carbocycles. The van der Waals surface area contributed by atoms with Crippen LogP contribution in [-0.4, -0.2) is 49.6 Å². The zero-order chi connectivity index (χ0) is 18.2. The van der Waals surface area contributed by atoms with Gasteiger partial charge in [-0.05, 0) is 45.4 Å². The SMILES string of the molecule is Cc1cc(N(C2CC2)C2CCN(Cc3cn4c(n3)CCCC4)CC2)ncn1. The molecule has 0 amide bonds. The summed E-state index contributed by atoms with van der Waals surface area (Å²) < 4.78 is 2.37. The topological polar surface area (TPSA) is 50.1 Å². The van der Waals surface area contributed by atoms with E-state index in [9.17, 15) is 0 Å². The van der Waals surface area contributed by atoms with Crippen LogP contribution >= 0.6 is 0 Å². The van der Waals surface area contributed by atoms with Gasteiger partial charge in [0.1, 0.15) is 18.0 Å². The highest BCUT2D eigenvalue weighted by Crippen LogP contribution is 2.35. The molecule has 144 valence electrons. The van der Waals surface area contributed by atoms with Gasteiger partial charge in [-0.15, -0.1) is 0 Å². The number of piperidine rings is 1. The van der Waals surface area contributed by atoms with E-state index in [1.54, 1.807) is 6.33 Å². The fourth-order valence-electron chi connectivity index (χ4n) is 4.74. The molecule has 1 saturated heterocycles. The van der Waals surface area contributed by atoms with Crippen molar-refractivity contribution in [3.63, 3.8) is 0 Å². The summed E-state index contributed by atoms with van der Waals surface area (Å²) in [6, 6.07) is 3.45. The van der Waals surface area contributed by atoms with Crippen molar-refractivity contribution in [3.8, 4) is 0 Å². The Morgan fingerprint density at radius 3 is 2.59 bits per heavy atom. The van der Waals surface area contributed by atoms with Crippen LogP contribution in [0.2, 0.25) is 0 Å². The summed E-state index contributed by atoms with van der Waals surface area (Å²) in [6.07, 6.45) is 12.8. The Hall–Kier alpha value is -1.95. The summed E-state index contributed by atoms with van der Waals surface area (Å²) in [4.78, 5) is 18.9. The first-order chi connectivity index (χ1) is 13.3. The Morgan fingerprint density at radius 2 is 1.85 bits per heavy atom. The lowest BCUT2D eigenvalue weighted by Crippen LogP contribution is -2.46. The fourth-order valence-corrected chi connectivity index (χ4v) is 4.74. The van der Waals surface area contributed by atoms with Crippen molar-refractivity contribution >= 4 is 5.82 Å². The lowest BCUT2D eigenvalue weighted by Gasteiger charge is -2.39. The molecular formula is C21H30N6. The van der Waals surface area contributed by atoms with Crippen LogP contribution in [0.4, 0.5) is 5.82 Å². The van der Waals surface area contributed by atoms with Gasteiger partial charge in [0, 0.05) is 62.6 Å². The maximum atomic E-state index is 4.89. The van der Waals surface area contributed by atoms with Crippen molar-refractivity contribution < 1.29 is 0 Å². The Morgan fingerprint density at radius 1 is 1.04 bits per heavy atom. The number of nitrogens with zero attached hydrogens (tertiary/aromatic N) is 6. The molecule has 0 unspecified atom stereocenters. The molecule has 0 N–H and O–H groups in total. The minimum atomic E-state index is 0.609. The van der Waals surface area contributed by atoms with Crippen LogP contribution in [0.3, 0.4) is 0 Å². The van der Waals surface area contributed by atoms with Crippen LogP contribution in [-0.2, 0) is 19.5 Å². The maximum absolute atomic E-state index is 4.89. The average Bonchev–Trinajstić information content (AvgIpc) is 3.42. The van der Waals surface area contributed by atoms with E-state index in [4.69, 9.17) is 4.98 Å². The third kappa shape index (κ3) is 3.72. The van der Waals surface area contributed by atoms with Gasteiger partial charge in [0.15, 0.2) is 0 Å². The maximum Gasteiger partial charge on any atom is 0.132 e. The third-order valence-corrected chi connectivity index (χ3v) is 6.29. The van der Waals surface area contributed by atoms with Gasteiger partial charge in [-0.3, -0.25) is 4.90 Å². The number of anilines is 1. The van der Waals surface area contributed by atoms with Crippen LogP contribution in [0.5, 0.6) is 0 Å². The molecule has 2 aliphatic heterocycles. The van der Waals surface area contributed by atoms with Gasteiger partial charge in [0.05, 0.1) is 5.69 Å². The number of aryl methyl sites for hydroxylation is 3. The van der Waals surface area contributed by atoms with Gasteiger partial charge in [-0.2, -0.15) is 0 Å². The minimum absolute atomic E-state index is 0.609. The summed E-state index contributed by atoms with van der Waals surface area (Å²) in [5.74, 6) is 2.43. The first-order valence-corrected chi connectivity index (χ1v) is 10.6. The quantitative estimate of drug-likeness (QED) is 0.814. The smallest absolute Gasteiger partial charge is 0.132 e. The van der Waals surface area contributed by atoms with Crippen LogP contribution in [0.25, 0.3) is 0 Å². The number of aromatic nitrogens is 4. The molecule has 5 rings (SSSR count). The van der Waals surface area contributed by atoms with E-state index in [2.05, 4.69) is 43.5 Å². The van der Waals surface area contributed by atoms with Crippen molar-refractivity contribution in [2.24, 2.45) is 0 Å². The largest absolute Gasteiger partial charge is 0.350 e. The molecule has 0 spiro atoms. The van der Waals surface area contributed by atoms with Crippen LogP contribution in [0, 0.1) is 6.92 Å². The number of rotatable bonds is 5. The second kappa shape index (κ2) is 7.23. The first-order valence-electron chi connectivity index (χ1n) is 10.6. The molecule has 2 aromatic heterocycles. The molecule has 6 nitrogen and oxygen atoms in total. The van der Waals surface area contributed by atoms with Gasteiger partial charge < -0.3 is 9.47 Å². The van der Waals surface area contributed by atoms with E-state index in [-0.39, 0.29) is 0 Å². The van der Waals surface area contributed by atoms with Gasteiger partial charge in [-0.25, -0.2) is 15.0 Å². The lowest BCUT2D eigenvalue weighted by atomic mass is 10.0. The number of likely N-dealkylation sites (tertiary alicyclic amines) is 1. The van der Waals surface area contributed by atoms with Gasteiger partial charge in [-0.1, -0.05) is 0 Å². The molecular weight excluding hydrogens is 336 g/mol. The second-order valence-corrected chi connectivity index (χ2v) is 8.46. The van der Waals surface area contributed by atoms with Gasteiger partial charge in [0.2, 0.25) is 0 Å². The number of imidazole rings is 1. The van der Waals surface area contributed by atoms with Gasteiger partial charge in [0.25, 0.3) is 0 Å². The van der Waals surface area contributed by atoms with E-state index in [1.807, 2.05) is 0 Å². The highest BCUT2D eigenvalue weighted by Gasteiger charge is 2.36. The molecule has 6 heteroatoms. The predicted molar refractivity (Wildman–Crippen MR) is 106 cm³/mol. The Bertz CT molecular complexity index is 764. The Labute approximate surface area is 161 Å². The van der Waals surface area contributed by atoms with Crippen LogP contribution < -0.4 is 4.90 Å². The number of hydrogen-bond donors (Lipinski definition) is 0. The number of hydrogen-bond acceptors (Lipinski definition) is 5. The standard InChI is InChI=1S/C21H30N6/c1-16-12-21(23-15-22-16)27(18-5-6-18)19-7-10-25(11-8-19)13-17-14-26-9-3-2-4-20(26)24-17/h12,14-15,18-19H,2-11,13H2,1H3. The Kier molecular flexibility index (Phi) is 4.60. The van der Waals surface area contributed by atoms with E-state index >= 15 is 0 Å². The monoisotopic (exact) mass is 366 g/mol. The highest BCUT2D eigenvalue weighted by molar-refractivity contribution is 5.43. The molecule has 0 aromatic carbocycles. The summed E-state index contributed by atoms with van der Waals surface area (Å²) >= 11 is 0. The molecule has 0 atom stereocenters. The van der Waals surface area contributed by atoms with E-state index in [1.165, 1.54) is 50.0 Å². The average molecular weight is 367 g/mol. The van der Waals surface area contributed by atoms with E-state index in [0.717, 1.165) is 44.1 Å². The normalized spacial score (nSPS) is 21.2. The van der Waals surface area contributed by atoms with Crippen LogP contribution in [0.1, 0.15) is 55.7 Å². The third-order valence-electron chi connectivity index (χ3n) is 6.29. The van der Waals surface area contributed by atoms with Crippen molar-refractivity contribution in [2.45, 2.75) is 77.0 Å². The zero-order valence-corrected chi connectivity index (χ0v) is 16.3. The zero-order valence-electron chi connectivity index (χ0n) is 16.3. The summed E-state index contributed by atoms with van der Waals surface area (Å²) in [5.41, 5.74) is 2.32. The summed E-state index contributed by atoms with van der Waals surface area (Å²) in [7, 11) is 0. The molecule has 3 aliphatic rings. The minimum Gasteiger partial charge on any atom is -0.350 e. The van der Waals surface area contributed by atoms with E-state index in [0.29, 0.717) is 12.1 Å². The van der Waals surface area contributed by atoms with Gasteiger partial charge >= 0.3 is 0 Å². The molecule has 27 heavy (non-hydrogen) atoms.